The molecular weight excluding hydrogens is 574 g/mol. The van der Waals surface area contributed by atoms with E-state index in [0.29, 0.717) is 0 Å². The van der Waals surface area contributed by atoms with Crippen molar-refractivity contribution in [2.45, 2.75) is 29.4 Å². The molecule has 1 aliphatic carbocycles. The van der Waals surface area contributed by atoms with Gasteiger partial charge in [-0.1, -0.05) is 5.92 Å². The van der Waals surface area contributed by atoms with Crippen LogP contribution in [0.2, 0.25) is 0 Å². The molecule has 3 unspecified atom stereocenters. The number of alkyl halides is 1. The summed E-state index contributed by atoms with van der Waals surface area (Å²) in [7, 11) is -17.7. The number of hydrogen-bond donors (Lipinski definition) is 8. The lowest BCUT2D eigenvalue weighted by molar-refractivity contribution is -0.165. The van der Waals surface area contributed by atoms with E-state index in [-0.39, 0.29) is 22.4 Å². The summed E-state index contributed by atoms with van der Waals surface area (Å²) in [6.45, 7) is 0. The van der Waals surface area contributed by atoms with Gasteiger partial charge < -0.3 is 50.6 Å². The Kier molecular flexibility index (Phi) is 6.05. The van der Waals surface area contributed by atoms with Crippen LogP contribution < -0.4 is 11.5 Å². The summed E-state index contributed by atoms with van der Waals surface area (Å²) >= 11 is 0. The van der Waals surface area contributed by atoms with Crippen molar-refractivity contribution >= 4 is 46.2 Å². The van der Waals surface area contributed by atoms with Gasteiger partial charge in [0, 0.05) is 6.20 Å². The summed E-state index contributed by atoms with van der Waals surface area (Å²) in [5, 5.41) is 21.8. The number of carbonyl (C=O) groups is 1. The van der Waals surface area contributed by atoms with E-state index in [1.807, 2.05) is 0 Å². The second-order valence-corrected chi connectivity index (χ2v) is 12.0. The predicted molar refractivity (Wildman–Crippen MR) is 112 cm³/mol. The molecule has 202 valence electrons. The first kappa shape index (κ1) is 27.7. The molecule has 0 spiro atoms. The highest BCUT2D eigenvalue weighted by Crippen LogP contribution is 2.74. The zero-order valence-corrected chi connectivity index (χ0v) is 20.2. The van der Waals surface area contributed by atoms with E-state index < -0.39 is 58.8 Å². The largest absolute Gasteiger partial charge is 0.490 e. The highest BCUT2D eigenvalue weighted by atomic mass is 31.3. The van der Waals surface area contributed by atoms with Crippen molar-refractivity contribution in [2.75, 3.05) is 5.73 Å². The number of hydrogen-bond acceptors (Lipinski definition) is 13. The molecule has 7 atom stereocenters. The average Bonchev–Trinajstić information content (AvgIpc) is 3.00. The number of primary amides is 1. The van der Waals surface area contributed by atoms with Crippen molar-refractivity contribution in [1.82, 2.24) is 14.5 Å². The molecule has 0 aromatic carbocycles. The lowest BCUT2D eigenvalue weighted by Crippen LogP contribution is -2.50. The van der Waals surface area contributed by atoms with E-state index in [2.05, 4.69) is 23.1 Å². The molecule has 3 heterocycles. The van der Waals surface area contributed by atoms with E-state index in [0.717, 1.165) is 17.1 Å². The third-order valence-corrected chi connectivity index (χ3v) is 9.21. The molecule has 4 rings (SSSR count). The number of aromatic nitrogens is 3. The first-order chi connectivity index (χ1) is 16.7. The van der Waals surface area contributed by atoms with E-state index in [4.69, 9.17) is 32.4 Å². The third-order valence-electron chi connectivity index (χ3n) is 5.41. The molecule has 2 aliphatic rings. The second-order valence-electron chi connectivity index (χ2n) is 7.64. The Morgan fingerprint density at radius 1 is 1.19 bits per heavy atom. The Morgan fingerprint density at radius 3 is 2.35 bits per heavy atom. The van der Waals surface area contributed by atoms with Gasteiger partial charge in [-0.2, -0.15) is 8.62 Å². The zero-order valence-electron chi connectivity index (χ0n) is 17.6. The van der Waals surface area contributed by atoms with E-state index in [1.54, 1.807) is 5.92 Å². The minimum absolute atomic E-state index is 0.150. The number of carbonyl (C=O) groups excluding carboxylic acids is 1. The van der Waals surface area contributed by atoms with E-state index in [1.165, 1.54) is 0 Å². The van der Waals surface area contributed by atoms with Gasteiger partial charge in [-0.15, -0.1) is 6.42 Å². The maximum Gasteiger partial charge on any atom is 0.490 e. The first-order valence-electron chi connectivity index (χ1n) is 9.25. The van der Waals surface area contributed by atoms with Crippen molar-refractivity contribution in [1.29, 1.82) is 0 Å². The van der Waals surface area contributed by atoms with Gasteiger partial charge in [0.25, 0.3) is 11.8 Å². The van der Waals surface area contributed by atoms with Crippen LogP contribution in [0, 0.1) is 12.3 Å². The number of anilines is 1. The van der Waals surface area contributed by atoms with E-state index in [9.17, 15) is 38.5 Å². The van der Waals surface area contributed by atoms with Gasteiger partial charge in [0.15, 0.2) is 12.3 Å². The molecule has 1 amide bonds. The topological polar surface area (TPSA) is 309 Å². The highest BCUT2D eigenvalue weighted by Gasteiger charge is 2.97. The van der Waals surface area contributed by atoms with Crippen LogP contribution in [-0.2, 0) is 31.6 Å². The summed E-state index contributed by atoms with van der Waals surface area (Å²) in [5.41, 5.74) is 3.92. The number of phosphoric acid groups is 3. The van der Waals surface area contributed by atoms with E-state index >= 15 is 4.39 Å². The maximum absolute atomic E-state index is 15.6. The molecule has 2 aromatic rings. The quantitative estimate of drug-likeness (QED) is 0.123. The molecule has 2 fully saturated rings. The normalized spacial score (nSPS) is 34.3. The average molecular weight is 589 g/mol. The first-order valence-corrected chi connectivity index (χ1v) is 13.8. The lowest BCUT2D eigenvalue weighted by Gasteiger charge is -2.31. The number of fused-ring (bicyclic) bond motifs is 2. The third kappa shape index (κ3) is 4.11. The van der Waals surface area contributed by atoms with Crippen LogP contribution >= 0.6 is 23.5 Å². The molecule has 37 heavy (non-hydrogen) atoms. The monoisotopic (exact) mass is 589 g/mol. The number of phosphoric ester groups is 1. The number of halogens is 1. The zero-order chi connectivity index (χ0) is 28.0. The van der Waals surface area contributed by atoms with Gasteiger partial charge >= 0.3 is 23.5 Å². The molecule has 0 bridgehead atoms. The fraction of sp³-hybridized carbons (Fsp3) is 0.357. The van der Waals surface area contributed by atoms with Crippen LogP contribution in [0.25, 0.3) is 11.0 Å². The minimum Gasteiger partial charge on any atom is -0.383 e. The van der Waals surface area contributed by atoms with Crippen LogP contribution in [0.1, 0.15) is 16.6 Å². The Morgan fingerprint density at radius 2 is 1.81 bits per heavy atom. The van der Waals surface area contributed by atoms with Crippen LogP contribution in [0.15, 0.2) is 12.5 Å². The predicted octanol–water partition coefficient (Wildman–Crippen LogP) is -1.87. The number of ether oxygens (including phenoxy) is 1. The summed E-state index contributed by atoms with van der Waals surface area (Å²) in [4.78, 5) is 55.5. The molecule has 2 aromatic heterocycles. The Bertz CT molecular complexity index is 1520. The van der Waals surface area contributed by atoms with Crippen molar-refractivity contribution in [3.63, 3.8) is 0 Å². The second kappa shape index (κ2) is 8.09. The van der Waals surface area contributed by atoms with Gasteiger partial charge in [-0.05, 0) is 0 Å². The SMILES string of the molecule is C#C[C@]1(O)[C@H](n2cc(C(N)=O)c3c(N)ncnc32)O[C@]2(F)C(OP(=O)(O)OP(=O)(O)OP(=O)(O)O)[C@@]21O. The maximum atomic E-state index is 15.6. The van der Waals surface area contributed by atoms with Crippen LogP contribution in [0.4, 0.5) is 10.2 Å². The van der Waals surface area contributed by atoms with Crippen molar-refractivity contribution in [2.24, 2.45) is 5.73 Å². The van der Waals surface area contributed by atoms with Gasteiger partial charge in [0.2, 0.25) is 11.2 Å². The standard InChI is InChI=1S/C14H15FN5O14P3/c1-2-12(22)11(20-3-5(8(17)21)6-7(16)18-4-19-9(6)20)31-14(15)10(13(12,14)23)32-36(27,28)34-37(29,30)33-35(24,25)26/h1,3-4,10-11,22-23H,(H2,17,21)(H,27,28)(H,29,30)(H2,16,18,19)(H2,24,25,26)/t10?,11-,12+,13+,14-/m1/s1. The molecule has 23 heteroatoms. The van der Waals surface area contributed by atoms with Crippen LogP contribution in [-0.4, -0.2) is 73.4 Å². The molecule has 1 saturated carbocycles. The minimum atomic E-state index is -6.00. The summed E-state index contributed by atoms with van der Waals surface area (Å²) < 4.78 is 67.1. The van der Waals surface area contributed by atoms with Gasteiger partial charge in [-0.25, -0.2) is 28.1 Å². The summed E-state index contributed by atoms with van der Waals surface area (Å²) in [6.07, 6.45) is 2.34. The molecule has 1 saturated heterocycles. The number of amides is 1. The number of rotatable bonds is 8. The highest BCUT2D eigenvalue weighted by molar-refractivity contribution is 7.66. The van der Waals surface area contributed by atoms with Crippen molar-refractivity contribution in [3.8, 4) is 12.3 Å². The fourth-order valence-electron chi connectivity index (χ4n) is 3.91. The lowest BCUT2D eigenvalue weighted by atomic mass is 9.93. The fourth-order valence-corrected chi connectivity index (χ4v) is 7.12. The number of aliphatic hydroxyl groups is 2. The molecule has 10 N–H and O–H groups in total. The molecule has 19 nitrogen and oxygen atoms in total. The van der Waals surface area contributed by atoms with Crippen molar-refractivity contribution in [3.05, 3.63) is 18.1 Å². The van der Waals surface area contributed by atoms with Gasteiger partial charge in [0.1, 0.15) is 17.8 Å². The molecule has 0 radical (unpaired) electrons. The number of nitrogen functional groups attached to an aromatic ring is 1. The number of nitrogens with zero attached hydrogens (tertiary/aromatic N) is 3. The summed E-state index contributed by atoms with van der Waals surface area (Å²) in [5.74, 6) is -3.26. The number of nitrogens with two attached hydrogens (primary N) is 2. The Balaban J connectivity index is 1.69. The summed E-state index contributed by atoms with van der Waals surface area (Å²) in [6, 6.07) is 0. The molecule has 1 aliphatic heterocycles. The van der Waals surface area contributed by atoms with Gasteiger partial charge in [-0.3, -0.25) is 9.32 Å². The molecular formula is C14H15FN5O14P3. The van der Waals surface area contributed by atoms with Gasteiger partial charge in [0.05, 0.1) is 10.9 Å². The smallest absolute Gasteiger partial charge is 0.383 e. The number of terminal acetylenes is 1. The van der Waals surface area contributed by atoms with Crippen LogP contribution in [0.5, 0.6) is 0 Å². The van der Waals surface area contributed by atoms with Crippen molar-refractivity contribution < 1.29 is 70.5 Å². The Labute approximate surface area is 203 Å². The van der Waals surface area contributed by atoms with Crippen LogP contribution in [0.3, 0.4) is 0 Å². The Hall–Kier alpha value is -2.33.